The third-order valence-electron chi connectivity index (χ3n) is 2.58. The van der Waals surface area contributed by atoms with Gasteiger partial charge in [0, 0.05) is 25.2 Å². The molecule has 0 spiro atoms. The van der Waals surface area contributed by atoms with Crippen LogP contribution in [0.2, 0.25) is 0 Å². The molecular weight excluding hydrogens is 205 g/mol. The second-order valence-electron chi connectivity index (χ2n) is 5.00. The van der Waals surface area contributed by atoms with Crippen molar-refractivity contribution in [2.75, 3.05) is 13.2 Å². The summed E-state index contributed by atoms with van der Waals surface area (Å²) in [5, 5.41) is 7.93. The van der Waals surface area contributed by atoms with Crippen LogP contribution in [-0.4, -0.2) is 35.3 Å². The number of aromatic nitrogens is 3. The van der Waals surface area contributed by atoms with Crippen molar-refractivity contribution >= 4 is 12.7 Å². The Hall–Kier alpha value is -0.875. The van der Waals surface area contributed by atoms with Gasteiger partial charge in [0.25, 0.3) is 0 Å². The van der Waals surface area contributed by atoms with E-state index >= 15 is 0 Å². The first-order chi connectivity index (χ1) is 7.62. The molecule has 1 aliphatic rings. The molecule has 5 nitrogen and oxygen atoms in total. The summed E-state index contributed by atoms with van der Waals surface area (Å²) in [5.41, 5.74) is 1.01. The summed E-state index contributed by atoms with van der Waals surface area (Å²) in [5.74, 6) is 0. The van der Waals surface area contributed by atoms with E-state index in [0.717, 1.165) is 18.6 Å². The van der Waals surface area contributed by atoms with Gasteiger partial charge in [-0.25, -0.2) is 0 Å². The molecule has 2 rings (SSSR count). The maximum Gasteiger partial charge on any atom is 0.514 e. The molecule has 88 valence electrons. The van der Waals surface area contributed by atoms with Crippen LogP contribution in [0, 0.1) is 5.41 Å². The molecule has 16 heavy (non-hydrogen) atoms. The molecule has 0 atom stereocenters. The largest absolute Gasteiger partial charge is 0.514 e. The van der Waals surface area contributed by atoms with E-state index in [9.17, 15) is 0 Å². The molecule has 0 aromatic carbocycles. The van der Waals surface area contributed by atoms with Gasteiger partial charge in [0.15, 0.2) is 0 Å². The minimum Gasteiger partial charge on any atom is -0.406 e. The predicted octanol–water partition coefficient (Wildman–Crippen LogP) is 0.456. The molecule has 6 heteroatoms. The van der Waals surface area contributed by atoms with Gasteiger partial charge >= 0.3 is 7.12 Å². The zero-order chi connectivity index (χ0) is 11.6. The van der Waals surface area contributed by atoms with Crippen molar-refractivity contribution in [2.45, 2.75) is 33.7 Å². The quantitative estimate of drug-likeness (QED) is 0.698. The number of hydrogen-bond donors (Lipinski definition) is 0. The van der Waals surface area contributed by atoms with Gasteiger partial charge in [0.05, 0.1) is 11.8 Å². The Labute approximate surface area is 96.3 Å². The highest BCUT2D eigenvalue weighted by Gasteiger charge is 2.35. The van der Waals surface area contributed by atoms with E-state index < -0.39 is 0 Å². The van der Waals surface area contributed by atoms with Gasteiger partial charge in [-0.2, -0.15) is 0 Å². The minimum absolute atomic E-state index is 0.0968. The fraction of sp³-hybridized carbons (Fsp3) is 0.800. The van der Waals surface area contributed by atoms with Crippen molar-refractivity contribution in [3.8, 4) is 0 Å². The maximum absolute atomic E-state index is 5.70. The molecule has 0 aliphatic carbocycles. The number of nitrogens with zero attached hydrogens (tertiary/aromatic N) is 3. The summed E-state index contributed by atoms with van der Waals surface area (Å²) in [6, 6.07) is 0. The van der Waals surface area contributed by atoms with Gasteiger partial charge in [-0.15, -0.1) is 5.10 Å². The molecule has 0 radical (unpaired) electrons. The van der Waals surface area contributed by atoms with Gasteiger partial charge < -0.3 is 9.31 Å². The Kier molecular flexibility index (Phi) is 3.30. The lowest BCUT2D eigenvalue weighted by molar-refractivity contribution is 0.0336. The predicted molar refractivity (Wildman–Crippen MR) is 61.4 cm³/mol. The van der Waals surface area contributed by atoms with Crippen LogP contribution in [0.15, 0.2) is 6.20 Å². The first kappa shape index (κ1) is 11.6. The maximum atomic E-state index is 5.70. The first-order valence-corrected chi connectivity index (χ1v) is 5.74. The van der Waals surface area contributed by atoms with Gasteiger partial charge in [0.2, 0.25) is 0 Å². The summed E-state index contributed by atoms with van der Waals surface area (Å²) in [7, 11) is -0.311. The van der Waals surface area contributed by atoms with Crippen molar-refractivity contribution in [2.24, 2.45) is 5.41 Å². The van der Waals surface area contributed by atoms with E-state index in [4.69, 9.17) is 9.31 Å². The summed E-state index contributed by atoms with van der Waals surface area (Å²) >= 11 is 0. The minimum atomic E-state index is -0.311. The van der Waals surface area contributed by atoms with Gasteiger partial charge in [-0.3, -0.25) is 4.68 Å². The smallest absolute Gasteiger partial charge is 0.406 e. The van der Waals surface area contributed by atoms with E-state index in [1.165, 1.54) is 0 Å². The standard InChI is InChI=1S/C10H18BN3O2/c1-4-5-14-9(6-12-13-14)11-15-7-10(2,3)8-16-11/h6H,4-5,7-8H2,1-3H3. The lowest BCUT2D eigenvalue weighted by Crippen LogP contribution is -2.49. The van der Waals surface area contributed by atoms with Crippen LogP contribution in [0.4, 0.5) is 0 Å². The number of hydrogen-bond acceptors (Lipinski definition) is 4. The molecule has 0 unspecified atom stereocenters. The fourth-order valence-electron chi connectivity index (χ4n) is 1.70. The molecule has 1 saturated heterocycles. The molecule has 2 heterocycles. The third-order valence-corrected chi connectivity index (χ3v) is 2.58. The second kappa shape index (κ2) is 4.55. The van der Waals surface area contributed by atoms with Gasteiger partial charge in [-0.05, 0) is 6.42 Å². The molecule has 1 aromatic heterocycles. The lowest BCUT2D eigenvalue weighted by atomic mass is 9.80. The highest BCUT2D eigenvalue weighted by molar-refractivity contribution is 6.60. The van der Waals surface area contributed by atoms with Crippen molar-refractivity contribution in [1.29, 1.82) is 0 Å². The van der Waals surface area contributed by atoms with Crippen molar-refractivity contribution in [3.63, 3.8) is 0 Å². The summed E-state index contributed by atoms with van der Waals surface area (Å²) < 4.78 is 13.3. The van der Waals surface area contributed by atoms with E-state index in [-0.39, 0.29) is 12.5 Å². The van der Waals surface area contributed by atoms with Gasteiger partial charge in [0.1, 0.15) is 0 Å². The van der Waals surface area contributed by atoms with Crippen LogP contribution in [0.3, 0.4) is 0 Å². The Bertz CT molecular complexity index is 344. The Balaban J connectivity index is 2.05. The van der Waals surface area contributed by atoms with Crippen LogP contribution in [0.5, 0.6) is 0 Å². The summed E-state index contributed by atoms with van der Waals surface area (Å²) in [6.07, 6.45) is 2.74. The highest BCUT2D eigenvalue weighted by Crippen LogP contribution is 2.21. The van der Waals surface area contributed by atoms with E-state index in [1.807, 2.05) is 4.68 Å². The average molecular weight is 223 g/mol. The Morgan fingerprint density at radius 1 is 1.44 bits per heavy atom. The lowest BCUT2D eigenvalue weighted by Gasteiger charge is -2.32. The molecule has 1 fully saturated rings. The normalized spacial score (nSPS) is 20.1. The van der Waals surface area contributed by atoms with Crippen LogP contribution in [-0.2, 0) is 15.9 Å². The highest BCUT2D eigenvalue weighted by atomic mass is 16.6. The Morgan fingerprint density at radius 3 is 2.75 bits per heavy atom. The second-order valence-corrected chi connectivity index (χ2v) is 5.00. The van der Waals surface area contributed by atoms with Crippen LogP contribution in [0.25, 0.3) is 0 Å². The summed E-state index contributed by atoms with van der Waals surface area (Å²) in [6.45, 7) is 8.62. The van der Waals surface area contributed by atoms with Crippen molar-refractivity contribution in [1.82, 2.24) is 15.0 Å². The zero-order valence-corrected chi connectivity index (χ0v) is 10.1. The molecule has 0 bridgehead atoms. The number of rotatable bonds is 3. The van der Waals surface area contributed by atoms with Crippen LogP contribution < -0.4 is 5.59 Å². The van der Waals surface area contributed by atoms with E-state index in [2.05, 4.69) is 31.1 Å². The van der Waals surface area contributed by atoms with E-state index in [0.29, 0.717) is 13.2 Å². The van der Waals surface area contributed by atoms with E-state index in [1.54, 1.807) is 6.20 Å². The molecular formula is C10H18BN3O2. The average Bonchev–Trinajstić information content (AvgIpc) is 2.67. The van der Waals surface area contributed by atoms with Crippen LogP contribution >= 0.6 is 0 Å². The van der Waals surface area contributed by atoms with Crippen molar-refractivity contribution in [3.05, 3.63) is 6.20 Å². The molecule has 0 amide bonds. The van der Waals surface area contributed by atoms with Crippen molar-refractivity contribution < 1.29 is 9.31 Å². The topological polar surface area (TPSA) is 49.2 Å². The third kappa shape index (κ3) is 2.44. The number of aryl methyl sites for hydroxylation is 1. The fourth-order valence-corrected chi connectivity index (χ4v) is 1.70. The monoisotopic (exact) mass is 223 g/mol. The summed E-state index contributed by atoms with van der Waals surface area (Å²) in [4.78, 5) is 0. The SMILES string of the molecule is CCCn1nncc1B1OCC(C)(C)CO1. The molecule has 0 N–H and O–H groups in total. The molecule has 1 aromatic rings. The van der Waals surface area contributed by atoms with Crippen LogP contribution in [0.1, 0.15) is 27.2 Å². The Morgan fingerprint density at radius 2 is 2.12 bits per heavy atom. The first-order valence-electron chi connectivity index (χ1n) is 5.74. The molecule has 1 aliphatic heterocycles. The zero-order valence-electron chi connectivity index (χ0n) is 10.1. The molecule has 0 saturated carbocycles. The van der Waals surface area contributed by atoms with Gasteiger partial charge in [-0.1, -0.05) is 26.0 Å².